The third-order valence-electron chi connectivity index (χ3n) is 4.36. The molecule has 2 aromatic rings. The Morgan fingerprint density at radius 2 is 1.89 bits per heavy atom. The van der Waals surface area contributed by atoms with Crippen molar-refractivity contribution in [1.29, 1.82) is 0 Å². The largest absolute Gasteiger partial charge is 0.352 e. The van der Waals surface area contributed by atoms with Crippen LogP contribution in [0, 0.1) is 0 Å². The number of amides is 2. The molecule has 2 heterocycles. The number of carbonyl (C=O) groups is 2. The second-order valence-electron chi connectivity index (χ2n) is 6.49. The Kier molecular flexibility index (Phi) is 5.85. The molecule has 142 valence electrons. The van der Waals surface area contributed by atoms with Gasteiger partial charge < -0.3 is 10.6 Å². The molecule has 0 radical (unpaired) electrons. The SMILES string of the molecule is O=C(NCCc1ccccc1)c1ccnc(C(=O)NC2CCS(=O)(=O)C2)c1. The van der Waals surface area contributed by atoms with Gasteiger partial charge in [0.1, 0.15) is 5.69 Å². The van der Waals surface area contributed by atoms with Gasteiger partial charge in [0, 0.05) is 24.3 Å². The molecule has 1 aliphatic rings. The smallest absolute Gasteiger partial charge is 0.270 e. The highest BCUT2D eigenvalue weighted by molar-refractivity contribution is 7.91. The average Bonchev–Trinajstić information content (AvgIpc) is 3.01. The Balaban J connectivity index is 1.56. The van der Waals surface area contributed by atoms with Gasteiger partial charge in [-0.15, -0.1) is 0 Å². The van der Waals surface area contributed by atoms with E-state index >= 15 is 0 Å². The van der Waals surface area contributed by atoms with E-state index in [4.69, 9.17) is 0 Å². The van der Waals surface area contributed by atoms with Gasteiger partial charge in [0.2, 0.25) is 0 Å². The number of nitrogens with zero attached hydrogens (tertiary/aromatic N) is 1. The van der Waals surface area contributed by atoms with E-state index in [0.717, 1.165) is 5.56 Å². The molecule has 7 nitrogen and oxygen atoms in total. The van der Waals surface area contributed by atoms with Crippen LogP contribution in [0.3, 0.4) is 0 Å². The van der Waals surface area contributed by atoms with Crippen molar-refractivity contribution in [1.82, 2.24) is 15.6 Å². The number of hydrogen-bond donors (Lipinski definition) is 2. The van der Waals surface area contributed by atoms with Crippen LogP contribution in [0.15, 0.2) is 48.7 Å². The Bertz CT molecular complexity index is 929. The molecular weight excluding hydrogens is 366 g/mol. The van der Waals surface area contributed by atoms with Crippen LogP contribution in [-0.4, -0.2) is 49.3 Å². The molecule has 0 bridgehead atoms. The lowest BCUT2D eigenvalue weighted by atomic mass is 10.1. The fourth-order valence-electron chi connectivity index (χ4n) is 2.93. The van der Waals surface area contributed by atoms with E-state index in [0.29, 0.717) is 24.9 Å². The van der Waals surface area contributed by atoms with Gasteiger partial charge >= 0.3 is 0 Å². The molecule has 0 saturated carbocycles. The highest BCUT2D eigenvalue weighted by Gasteiger charge is 2.29. The summed E-state index contributed by atoms with van der Waals surface area (Å²) in [6.07, 6.45) is 2.50. The summed E-state index contributed by atoms with van der Waals surface area (Å²) in [6, 6.07) is 12.3. The lowest BCUT2D eigenvalue weighted by molar-refractivity contribution is 0.0936. The molecule has 1 atom stereocenters. The van der Waals surface area contributed by atoms with Crippen LogP contribution in [0.5, 0.6) is 0 Å². The van der Waals surface area contributed by atoms with Crippen LogP contribution in [0.25, 0.3) is 0 Å². The van der Waals surface area contributed by atoms with E-state index < -0.39 is 21.8 Å². The summed E-state index contributed by atoms with van der Waals surface area (Å²) >= 11 is 0. The van der Waals surface area contributed by atoms with E-state index in [9.17, 15) is 18.0 Å². The Morgan fingerprint density at radius 1 is 1.11 bits per heavy atom. The lowest BCUT2D eigenvalue weighted by Crippen LogP contribution is -2.36. The Labute approximate surface area is 158 Å². The van der Waals surface area contributed by atoms with Crippen molar-refractivity contribution in [3.8, 4) is 0 Å². The van der Waals surface area contributed by atoms with Crippen LogP contribution >= 0.6 is 0 Å². The summed E-state index contributed by atoms with van der Waals surface area (Å²) in [7, 11) is -3.08. The van der Waals surface area contributed by atoms with Crippen LogP contribution < -0.4 is 10.6 Å². The molecule has 1 fully saturated rings. The van der Waals surface area contributed by atoms with Crippen LogP contribution in [-0.2, 0) is 16.3 Å². The lowest BCUT2D eigenvalue weighted by Gasteiger charge is -2.11. The zero-order valence-corrected chi connectivity index (χ0v) is 15.5. The van der Waals surface area contributed by atoms with Crippen LogP contribution in [0.2, 0.25) is 0 Å². The average molecular weight is 387 g/mol. The third kappa shape index (κ3) is 5.37. The summed E-state index contributed by atoms with van der Waals surface area (Å²) in [5.41, 5.74) is 1.55. The van der Waals surface area contributed by atoms with Crippen LogP contribution in [0.4, 0.5) is 0 Å². The second kappa shape index (κ2) is 8.30. The minimum absolute atomic E-state index is 0.0571. The van der Waals surface area contributed by atoms with Crippen LogP contribution in [0.1, 0.15) is 32.8 Å². The molecule has 1 saturated heterocycles. The fraction of sp³-hybridized carbons (Fsp3) is 0.316. The van der Waals surface area contributed by atoms with E-state index in [-0.39, 0.29) is 23.1 Å². The molecule has 1 aromatic heterocycles. The topological polar surface area (TPSA) is 105 Å². The number of benzene rings is 1. The summed E-state index contributed by atoms with van der Waals surface area (Å²) in [4.78, 5) is 28.6. The Morgan fingerprint density at radius 3 is 2.59 bits per heavy atom. The number of aromatic nitrogens is 1. The molecule has 1 aliphatic heterocycles. The summed E-state index contributed by atoms with van der Waals surface area (Å²) < 4.78 is 23.0. The standard InChI is InChI=1S/C19H21N3O4S/c23-18(21-9-6-14-4-2-1-3-5-14)15-7-10-20-17(12-15)19(24)22-16-8-11-27(25,26)13-16/h1-5,7,10,12,16H,6,8-9,11,13H2,(H,21,23)(H,22,24). The van der Waals surface area contributed by atoms with Crippen molar-refractivity contribution >= 4 is 21.7 Å². The molecule has 2 N–H and O–H groups in total. The number of carbonyl (C=O) groups excluding carboxylic acids is 2. The van der Waals surface area contributed by atoms with Gasteiger partial charge in [-0.25, -0.2) is 8.42 Å². The maximum atomic E-state index is 12.3. The Hall–Kier alpha value is -2.74. The van der Waals surface area contributed by atoms with E-state index in [1.807, 2.05) is 30.3 Å². The number of rotatable bonds is 6. The van der Waals surface area contributed by atoms with Gasteiger partial charge in [-0.1, -0.05) is 30.3 Å². The zero-order valence-electron chi connectivity index (χ0n) is 14.7. The zero-order chi connectivity index (χ0) is 19.3. The highest BCUT2D eigenvalue weighted by Crippen LogP contribution is 2.12. The quantitative estimate of drug-likeness (QED) is 0.768. The van der Waals surface area contributed by atoms with Gasteiger partial charge in [-0.2, -0.15) is 0 Å². The molecule has 0 aliphatic carbocycles. The van der Waals surface area contributed by atoms with Crippen molar-refractivity contribution in [3.05, 3.63) is 65.5 Å². The molecule has 27 heavy (non-hydrogen) atoms. The first-order chi connectivity index (χ1) is 12.9. The maximum Gasteiger partial charge on any atom is 0.270 e. The van der Waals surface area contributed by atoms with E-state index in [2.05, 4.69) is 15.6 Å². The maximum absolute atomic E-state index is 12.3. The van der Waals surface area contributed by atoms with E-state index in [1.165, 1.54) is 18.3 Å². The minimum atomic E-state index is -3.08. The van der Waals surface area contributed by atoms with Gasteiger partial charge in [0.15, 0.2) is 9.84 Å². The van der Waals surface area contributed by atoms with Gasteiger partial charge in [0.05, 0.1) is 11.5 Å². The first-order valence-corrected chi connectivity index (χ1v) is 10.5. The number of hydrogen-bond acceptors (Lipinski definition) is 5. The number of sulfone groups is 1. The molecule has 0 spiro atoms. The molecule has 3 rings (SSSR count). The van der Waals surface area contributed by atoms with Gasteiger partial charge in [-0.05, 0) is 30.5 Å². The summed E-state index contributed by atoms with van der Waals surface area (Å²) in [5.74, 6) is -0.741. The normalized spacial score (nSPS) is 18.0. The third-order valence-corrected chi connectivity index (χ3v) is 6.13. The molecule has 1 unspecified atom stereocenters. The fourth-order valence-corrected chi connectivity index (χ4v) is 4.60. The van der Waals surface area contributed by atoms with Crippen molar-refractivity contribution in [2.75, 3.05) is 18.1 Å². The predicted octanol–water partition coefficient (Wildman–Crippen LogP) is 0.971. The number of nitrogens with one attached hydrogen (secondary N) is 2. The highest BCUT2D eigenvalue weighted by atomic mass is 32.2. The molecule has 8 heteroatoms. The first kappa shape index (κ1) is 19.0. The van der Waals surface area contributed by atoms with Gasteiger partial charge in [0.25, 0.3) is 11.8 Å². The van der Waals surface area contributed by atoms with Crippen molar-refractivity contribution in [2.45, 2.75) is 18.9 Å². The summed E-state index contributed by atoms with van der Waals surface area (Å²) in [6.45, 7) is 0.479. The molecular formula is C19H21N3O4S. The van der Waals surface area contributed by atoms with Crippen molar-refractivity contribution in [3.63, 3.8) is 0 Å². The second-order valence-corrected chi connectivity index (χ2v) is 8.72. The molecule has 1 aromatic carbocycles. The number of pyridine rings is 1. The predicted molar refractivity (Wildman–Crippen MR) is 101 cm³/mol. The molecule has 2 amide bonds. The van der Waals surface area contributed by atoms with E-state index in [1.54, 1.807) is 0 Å². The van der Waals surface area contributed by atoms with Crippen molar-refractivity contribution in [2.24, 2.45) is 0 Å². The van der Waals surface area contributed by atoms with Gasteiger partial charge in [-0.3, -0.25) is 14.6 Å². The van der Waals surface area contributed by atoms with Crippen molar-refractivity contribution < 1.29 is 18.0 Å². The first-order valence-electron chi connectivity index (χ1n) is 8.72. The minimum Gasteiger partial charge on any atom is -0.352 e. The summed E-state index contributed by atoms with van der Waals surface area (Å²) in [5, 5.41) is 5.49. The monoisotopic (exact) mass is 387 g/mol.